The van der Waals surface area contributed by atoms with Gasteiger partial charge < -0.3 is 10.3 Å². The molecule has 0 amide bonds. The first-order valence-electron chi connectivity index (χ1n) is 13.1. The van der Waals surface area contributed by atoms with Crippen molar-refractivity contribution in [3.05, 3.63) is 126 Å². The van der Waals surface area contributed by atoms with Crippen LogP contribution >= 0.6 is 0 Å². The van der Waals surface area contributed by atoms with Gasteiger partial charge in [-0.25, -0.2) is 9.37 Å². The number of nitrogens with zero attached hydrogens (tertiary/aromatic N) is 3. The summed E-state index contributed by atoms with van der Waals surface area (Å²) < 4.78 is 13.5. The number of hydrogen-bond donors (Lipinski definition) is 3. The van der Waals surface area contributed by atoms with Gasteiger partial charge in [0.15, 0.2) is 5.82 Å². The van der Waals surface area contributed by atoms with Crippen LogP contribution in [0.15, 0.2) is 109 Å². The largest absolute Gasteiger partial charge is 0.337 e. The predicted octanol–water partition coefficient (Wildman–Crippen LogP) is 7.26. The van der Waals surface area contributed by atoms with Crippen molar-refractivity contribution in [2.24, 2.45) is 0 Å². The molecule has 3 N–H and O–H groups in total. The Kier molecular flexibility index (Phi) is 6.11. The second-order valence-electron chi connectivity index (χ2n) is 9.80. The average molecular weight is 525 g/mol. The van der Waals surface area contributed by atoms with E-state index in [-0.39, 0.29) is 5.82 Å². The minimum absolute atomic E-state index is 0.262. The van der Waals surface area contributed by atoms with Gasteiger partial charge in [0.25, 0.3) is 0 Å². The topological polar surface area (TPSA) is 82.3 Å². The average Bonchev–Trinajstić information content (AvgIpc) is 3.62. The van der Waals surface area contributed by atoms with E-state index in [0.717, 1.165) is 68.5 Å². The number of aromatic nitrogens is 5. The van der Waals surface area contributed by atoms with Crippen LogP contribution in [0.4, 0.5) is 4.39 Å². The molecule has 7 aromatic rings. The number of para-hydroxylation sites is 1. The molecule has 0 atom stereocenters. The molecule has 7 rings (SSSR count). The first-order valence-corrected chi connectivity index (χ1v) is 13.1. The molecule has 0 aliphatic heterocycles. The first kappa shape index (κ1) is 23.9. The van der Waals surface area contributed by atoms with E-state index < -0.39 is 0 Å². The molecular weight excluding hydrogens is 499 g/mol. The number of benzene rings is 4. The molecule has 6 nitrogen and oxygen atoms in total. The highest BCUT2D eigenvalue weighted by atomic mass is 19.1. The molecule has 4 aromatic carbocycles. The van der Waals surface area contributed by atoms with Crippen molar-refractivity contribution in [2.75, 3.05) is 0 Å². The van der Waals surface area contributed by atoms with Gasteiger partial charge in [0.1, 0.15) is 11.5 Å². The number of rotatable bonds is 7. The maximum atomic E-state index is 13.5. The van der Waals surface area contributed by atoms with Crippen molar-refractivity contribution >= 4 is 21.9 Å². The van der Waals surface area contributed by atoms with Crippen molar-refractivity contribution in [1.82, 2.24) is 30.5 Å². The van der Waals surface area contributed by atoms with Crippen LogP contribution in [0.2, 0.25) is 0 Å². The van der Waals surface area contributed by atoms with Gasteiger partial charge in [-0.1, -0.05) is 60.7 Å². The van der Waals surface area contributed by atoms with E-state index in [4.69, 9.17) is 4.98 Å². The molecule has 0 saturated carbocycles. The zero-order valence-electron chi connectivity index (χ0n) is 21.5. The highest BCUT2D eigenvalue weighted by Gasteiger charge is 2.16. The summed E-state index contributed by atoms with van der Waals surface area (Å²) in [5, 5.41) is 12.2. The van der Waals surface area contributed by atoms with Gasteiger partial charge in [-0.15, -0.1) is 0 Å². The van der Waals surface area contributed by atoms with Gasteiger partial charge in [0.05, 0.1) is 16.6 Å². The fraction of sp³-hybridized carbons (Fsp3) is 0.0606. The number of H-pyrrole nitrogens is 2. The Hall–Kier alpha value is -5.14. The number of hydrogen-bond acceptors (Lipinski definition) is 4. The summed E-state index contributed by atoms with van der Waals surface area (Å²) in [6.45, 7) is 1.53. The van der Waals surface area contributed by atoms with E-state index in [1.54, 1.807) is 12.1 Å². The number of aromatic amines is 2. The van der Waals surface area contributed by atoms with Crippen LogP contribution in [-0.2, 0) is 13.1 Å². The fourth-order valence-electron chi connectivity index (χ4n) is 5.07. The van der Waals surface area contributed by atoms with E-state index in [2.05, 4.69) is 67.9 Å². The minimum Gasteiger partial charge on any atom is -0.337 e. The van der Waals surface area contributed by atoms with Gasteiger partial charge in [0, 0.05) is 42.0 Å². The quantitative estimate of drug-likeness (QED) is 0.205. The lowest BCUT2D eigenvalue weighted by molar-refractivity contribution is 0.628. The summed E-state index contributed by atoms with van der Waals surface area (Å²) >= 11 is 0. The normalized spacial score (nSPS) is 11.4. The Bertz CT molecular complexity index is 1940. The first-order chi connectivity index (χ1) is 19.7. The summed E-state index contributed by atoms with van der Waals surface area (Å²) in [5.41, 5.74) is 9.67. The Balaban J connectivity index is 1.20. The molecule has 0 fully saturated rings. The maximum absolute atomic E-state index is 13.5. The van der Waals surface area contributed by atoms with Crippen molar-refractivity contribution < 1.29 is 4.39 Å². The van der Waals surface area contributed by atoms with Crippen molar-refractivity contribution in [1.29, 1.82) is 0 Å². The zero-order chi connectivity index (χ0) is 26.9. The molecular formula is C33H25FN6. The van der Waals surface area contributed by atoms with Gasteiger partial charge in [-0.2, -0.15) is 5.10 Å². The number of pyridine rings is 1. The van der Waals surface area contributed by atoms with Gasteiger partial charge in [-0.05, 0) is 58.7 Å². The summed E-state index contributed by atoms with van der Waals surface area (Å²) in [6, 6.07) is 31.2. The number of fused-ring (bicyclic) bond motifs is 2. The highest BCUT2D eigenvalue weighted by molar-refractivity contribution is 5.98. The summed E-state index contributed by atoms with van der Waals surface area (Å²) in [6.07, 6.45) is 3.79. The van der Waals surface area contributed by atoms with E-state index in [0.29, 0.717) is 5.82 Å². The molecule has 0 unspecified atom stereocenters. The van der Waals surface area contributed by atoms with E-state index in [1.165, 1.54) is 17.7 Å². The third-order valence-electron chi connectivity index (χ3n) is 7.08. The lowest BCUT2D eigenvalue weighted by Gasteiger charge is -2.07. The van der Waals surface area contributed by atoms with Gasteiger partial charge >= 0.3 is 0 Å². The van der Waals surface area contributed by atoms with Crippen molar-refractivity contribution in [3.63, 3.8) is 0 Å². The Labute approximate surface area is 230 Å². The predicted molar refractivity (Wildman–Crippen MR) is 157 cm³/mol. The molecule has 0 radical (unpaired) electrons. The Morgan fingerprint density at radius 1 is 0.700 bits per heavy atom. The van der Waals surface area contributed by atoms with Crippen LogP contribution < -0.4 is 5.32 Å². The summed E-state index contributed by atoms with van der Waals surface area (Å²) in [7, 11) is 0. The standard InChI is InChI=1S/C33H25FN6/c34-26-12-9-23(10-13-26)27-7-4-8-30-31(27)38-33(37-30)32-28-16-24(11-14-29(28)39-40-32)25-15-22(19-36-20-25)18-35-17-21-5-2-1-3-6-21/h1-16,19-20,35H,17-18H2,(H,37,38)(H,39,40). The van der Waals surface area contributed by atoms with Crippen LogP contribution in [-0.4, -0.2) is 25.1 Å². The maximum Gasteiger partial charge on any atom is 0.159 e. The molecule has 7 heteroatoms. The molecule has 0 bridgehead atoms. The number of imidazole rings is 1. The summed E-state index contributed by atoms with van der Waals surface area (Å²) in [5.74, 6) is 0.409. The number of nitrogens with one attached hydrogen (secondary N) is 3. The number of halogens is 1. The van der Waals surface area contributed by atoms with Gasteiger partial charge in [0.2, 0.25) is 0 Å². The molecule has 0 aliphatic rings. The SMILES string of the molecule is Fc1ccc(-c2cccc3[nH]c(-c4n[nH]c5ccc(-c6cncc(CNCc7ccccc7)c6)cc45)nc23)cc1. The van der Waals surface area contributed by atoms with Crippen molar-refractivity contribution in [2.45, 2.75) is 13.1 Å². The van der Waals surface area contributed by atoms with E-state index >= 15 is 0 Å². The lowest BCUT2D eigenvalue weighted by Crippen LogP contribution is -2.12. The Morgan fingerprint density at radius 2 is 1.52 bits per heavy atom. The molecule has 3 aromatic heterocycles. The van der Waals surface area contributed by atoms with Crippen LogP contribution in [0.3, 0.4) is 0 Å². The van der Waals surface area contributed by atoms with E-state index in [1.807, 2.05) is 42.7 Å². The molecule has 0 spiro atoms. The third kappa shape index (κ3) is 4.63. The van der Waals surface area contributed by atoms with Crippen LogP contribution in [0, 0.1) is 5.82 Å². The monoisotopic (exact) mass is 524 g/mol. The van der Waals surface area contributed by atoms with E-state index in [9.17, 15) is 4.39 Å². The molecule has 40 heavy (non-hydrogen) atoms. The van der Waals surface area contributed by atoms with Gasteiger partial charge in [-0.3, -0.25) is 10.1 Å². The molecule has 0 aliphatic carbocycles. The molecule has 0 saturated heterocycles. The smallest absolute Gasteiger partial charge is 0.159 e. The second kappa shape index (κ2) is 10.2. The highest BCUT2D eigenvalue weighted by Crippen LogP contribution is 2.33. The Morgan fingerprint density at radius 3 is 2.40 bits per heavy atom. The second-order valence-corrected chi connectivity index (χ2v) is 9.80. The van der Waals surface area contributed by atoms with Crippen molar-refractivity contribution in [3.8, 4) is 33.8 Å². The zero-order valence-corrected chi connectivity index (χ0v) is 21.5. The van der Waals surface area contributed by atoms with Crippen LogP contribution in [0.25, 0.3) is 55.7 Å². The third-order valence-corrected chi connectivity index (χ3v) is 7.08. The summed E-state index contributed by atoms with van der Waals surface area (Å²) in [4.78, 5) is 12.9. The molecule has 194 valence electrons. The van der Waals surface area contributed by atoms with Crippen LogP contribution in [0.1, 0.15) is 11.1 Å². The van der Waals surface area contributed by atoms with Crippen LogP contribution in [0.5, 0.6) is 0 Å². The fourth-order valence-corrected chi connectivity index (χ4v) is 5.07. The molecule has 3 heterocycles. The minimum atomic E-state index is -0.262. The lowest BCUT2D eigenvalue weighted by atomic mass is 10.0.